The summed E-state index contributed by atoms with van der Waals surface area (Å²) < 4.78 is 11.5. The van der Waals surface area contributed by atoms with Crippen molar-refractivity contribution in [2.24, 2.45) is 0 Å². The molecule has 0 aliphatic carbocycles. The van der Waals surface area contributed by atoms with Gasteiger partial charge in [0.05, 0.1) is 11.6 Å². The van der Waals surface area contributed by atoms with E-state index in [4.69, 9.17) is 14.3 Å². The zero-order valence-corrected chi connectivity index (χ0v) is 19.2. The molecule has 0 bridgehead atoms. The molecule has 0 saturated carbocycles. The third-order valence-corrected chi connectivity index (χ3v) is 9.61. The van der Waals surface area contributed by atoms with Crippen molar-refractivity contribution in [2.45, 2.75) is 103 Å². The molecule has 0 aliphatic heterocycles. The lowest BCUT2D eigenvalue weighted by Gasteiger charge is -2.46. The average Bonchev–Trinajstić information content (AvgIpc) is 2.41. The van der Waals surface area contributed by atoms with Crippen LogP contribution in [0.4, 0.5) is 4.79 Å². The Bertz CT molecular complexity index is 539. The molecule has 27 heavy (non-hydrogen) atoms. The van der Waals surface area contributed by atoms with Crippen molar-refractivity contribution in [3.63, 3.8) is 0 Å². The first-order chi connectivity index (χ1) is 11.7. The molecule has 0 saturated heterocycles. The van der Waals surface area contributed by atoms with Crippen LogP contribution in [0.5, 0.6) is 0 Å². The minimum atomic E-state index is -2.32. The zero-order valence-electron chi connectivity index (χ0n) is 18.2. The highest BCUT2D eigenvalue weighted by molar-refractivity contribution is 6.74. The fourth-order valence-corrected chi connectivity index (χ4v) is 3.63. The molecule has 0 fully saturated rings. The van der Waals surface area contributed by atoms with E-state index in [0.29, 0.717) is 0 Å². The summed E-state index contributed by atoms with van der Waals surface area (Å²) in [7, 11) is -2.32. The van der Waals surface area contributed by atoms with E-state index < -0.39 is 49.8 Å². The zero-order chi connectivity index (χ0) is 22.0. The molecule has 0 aliphatic rings. The maximum Gasteiger partial charge on any atom is 0.408 e. The van der Waals surface area contributed by atoms with Gasteiger partial charge >= 0.3 is 12.1 Å². The third-order valence-electron chi connectivity index (χ3n) is 5.06. The predicted molar refractivity (Wildman–Crippen MR) is 105 cm³/mol. The van der Waals surface area contributed by atoms with E-state index in [-0.39, 0.29) is 5.04 Å². The van der Waals surface area contributed by atoms with Crippen molar-refractivity contribution < 1.29 is 34.1 Å². The maximum absolute atomic E-state index is 12.3. The lowest BCUT2D eigenvalue weighted by Crippen LogP contribution is -2.67. The number of ether oxygens (including phenoxy) is 1. The molecule has 8 nitrogen and oxygen atoms in total. The Morgan fingerprint density at radius 3 is 1.78 bits per heavy atom. The number of carboxylic acid groups (broad SMARTS) is 1. The van der Waals surface area contributed by atoms with Crippen LogP contribution >= 0.6 is 0 Å². The van der Waals surface area contributed by atoms with Crippen LogP contribution in [0.3, 0.4) is 0 Å². The highest BCUT2D eigenvalue weighted by Crippen LogP contribution is 2.39. The van der Waals surface area contributed by atoms with E-state index in [9.17, 15) is 19.8 Å². The van der Waals surface area contributed by atoms with Gasteiger partial charge in [-0.2, -0.15) is 0 Å². The summed E-state index contributed by atoms with van der Waals surface area (Å²) in [4.78, 5) is 23.5. The van der Waals surface area contributed by atoms with Crippen LogP contribution in [0.25, 0.3) is 0 Å². The number of aliphatic hydroxyl groups is 2. The minimum Gasteiger partial charge on any atom is -0.479 e. The fourth-order valence-electron chi connectivity index (χ4n) is 2.14. The van der Waals surface area contributed by atoms with Gasteiger partial charge in [0.1, 0.15) is 11.7 Å². The molecule has 0 radical (unpaired) electrons. The van der Waals surface area contributed by atoms with Gasteiger partial charge in [0.15, 0.2) is 14.4 Å². The van der Waals surface area contributed by atoms with E-state index in [1.54, 1.807) is 27.7 Å². The number of rotatable bonds is 7. The number of aliphatic hydroxyl groups excluding tert-OH is 2. The van der Waals surface area contributed by atoms with Crippen LogP contribution in [-0.4, -0.2) is 65.2 Å². The first-order valence-corrected chi connectivity index (χ1v) is 11.9. The Morgan fingerprint density at radius 1 is 1.00 bits per heavy atom. The van der Waals surface area contributed by atoms with E-state index >= 15 is 0 Å². The quantitative estimate of drug-likeness (QED) is 0.478. The standard InChI is InChI=1S/C18H37NO7Si/c1-11(26-27(9,10)17(5,6)7)18(8,13(21)12(20)14(22)23)19-15(24)25-16(2,3)4/h11-13,20-21H,1-10H3,(H,19,24)(H,22,23)/t11-,12?,13?,18+/m0/s1. The molecule has 4 N–H and O–H groups in total. The summed E-state index contributed by atoms with van der Waals surface area (Å²) in [5.74, 6) is -1.60. The fraction of sp³-hybridized carbons (Fsp3) is 0.889. The minimum absolute atomic E-state index is 0.148. The number of carbonyl (C=O) groups is 2. The van der Waals surface area contributed by atoms with E-state index in [1.807, 2.05) is 33.9 Å². The van der Waals surface area contributed by atoms with Crippen molar-refractivity contribution in [3.05, 3.63) is 0 Å². The number of carboxylic acids is 1. The Balaban J connectivity index is 5.83. The van der Waals surface area contributed by atoms with Crippen molar-refractivity contribution in [3.8, 4) is 0 Å². The lowest BCUT2D eigenvalue weighted by atomic mass is 9.86. The van der Waals surface area contributed by atoms with Crippen molar-refractivity contribution >= 4 is 20.4 Å². The van der Waals surface area contributed by atoms with Crippen LogP contribution in [0.15, 0.2) is 0 Å². The SMILES string of the molecule is C[C@H](O[Si](C)(C)C(C)(C)C)[C@@](C)(NC(=O)OC(C)(C)C)C(O)C(O)C(=O)O. The molecule has 0 aromatic rings. The first kappa shape index (κ1) is 25.8. The summed E-state index contributed by atoms with van der Waals surface area (Å²) in [6.07, 6.45) is -5.56. The molecule has 9 heteroatoms. The van der Waals surface area contributed by atoms with Gasteiger partial charge in [0, 0.05) is 0 Å². The Morgan fingerprint density at radius 2 is 1.44 bits per heavy atom. The summed E-state index contributed by atoms with van der Waals surface area (Å²) >= 11 is 0. The number of carbonyl (C=O) groups excluding carboxylic acids is 1. The average molecular weight is 408 g/mol. The second-order valence-corrected chi connectivity index (χ2v) is 14.4. The van der Waals surface area contributed by atoms with Gasteiger partial charge in [0.25, 0.3) is 0 Å². The van der Waals surface area contributed by atoms with Gasteiger partial charge < -0.3 is 29.8 Å². The van der Waals surface area contributed by atoms with Crippen molar-refractivity contribution in [2.75, 3.05) is 0 Å². The monoisotopic (exact) mass is 407 g/mol. The molecule has 0 rings (SSSR count). The number of hydrogen-bond donors (Lipinski definition) is 4. The maximum atomic E-state index is 12.3. The Labute approximate surface area is 163 Å². The van der Waals surface area contributed by atoms with Gasteiger partial charge in [0.2, 0.25) is 0 Å². The second kappa shape index (κ2) is 8.46. The topological polar surface area (TPSA) is 125 Å². The van der Waals surface area contributed by atoms with Gasteiger partial charge in [-0.3, -0.25) is 0 Å². The predicted octanol–water partition coefficient (Wildman–Crippen LogP) is 2.49. The van der Waals surface area contributed by atoms with Gasteiger partial charge in [-0.05, 0) is 52.8 Å². The highest BCUT2D eigenvalue weighted by atomic mass is 28.4. The van der Waals surface area contributed by atoms with Gasteiger partial charge in [-0.25, -0.2) is 9.59 Å². The van der Waals surface area contributed by atoms with E-state index in [1.165, 1.54) is 6.92 Å². The van der Waals surface area contributed by atoms with Crippen LogP contribution in [0.2, 0.25) is 18.1 Å². The van der Waals surface area contributed by atoms with Crippen LogP contribution in [-0.2, 0) is 14.0 Å². The number of aliphatic carboxylic acids is 1. The first-order valence-electron chi connectivity index (χ1n) is 9.02. The molecule has 2 unspecified atom stereocenters. The lowest BCUT2D eigenvalue weighted by molar-refractivity contribution is -0.159. The van der Waals surface area contributed by atoms with E-state index in [2.05, 4.69) is 5.32 Å². The van der Waals surface area contributed by atoms with Crippen molar-refractivity contribution in [1.29, 1.82) is 0 Å². The molecule has 0 spiro atoms. The van der Waals surface area contributed by atoms with Gasteiger partial charge in [-0.15, -0.1) is 0 Å². The molecule has 0 heterocycles. The second-order valence-electron chi connectivity index (χ2n) is 9.66. The summed E-state index contributed by atoms with van der Waals surface area (Å²) in [5.41, 5.74) is -2.39. The molecule has 0 aromatic carbocycles. The molecule has 4 atom stereocenters. The largest absolute Gasteiger partial charge is 0.479 e. The number of amides is 1. The third kappa shape index (κ3) is 7.06. The summed E-state index contributed by atoms with van der Waals surface area (Å²) in [6.45, 7) is 18.2. The van der Waals surface area contributed by atoms with Crippen LogP contribution in [0.1, 0.15) is 55.4 Å². The number of hydrogen-bond acceptors (Lipinski definition) is 6. The Hall–Kier alpha value is -1.16. The summed E-state index contributed by atoms with van der Waals surface area (Å²) in [6, 6.07) is 0. The van der Waals surface area contributed by atoms with E-state index in [0.717, 1.165) is 0 Å². The molecule has 1 amide bonds. The van der Waals surface area contributed by atoms with Gasteiger partial charge in [-0.1, -0.05) is 20.8 Å². The summed E-state index contributed by atoms with van der Waals surface area (Å²) in [5, 5.41) is 31.9. The molecule has 0 aromatic heterocycles. The number of alkyl carbamates (subject to hydrolysis) is 1. The molecular weight excluding hydrogens is 370 g/mol. The van der Waals surface area contributed by atoms with Crippen LogP contribution in [0, 0.1) is 0 Å². The Kier molecular flexibility index (Phi) is 8.10. The number of nitrogens with one attached hydrogen (secondary N) is 1. The normalized spacial score (nSPS) is 18.8. The molecule has 160 valence electrons. The van der Waals surface area contributed by atoms with Crippen LogP contribution < -0.4 is 5.32 Å². The molecular formula is C18H37NO7Si. The van der Waals surface area contributed by atoms with Crippen molar-refractivity contribution in [1.82, 2.24) is 5.32 Å². The smallest absolute Gasteiger partial charge is 0.408 e. The highest BCUT2D eigenvalue weighted by Gasteiger charge is 2.50.